The molecule has 1 rings (SSSR count). The third-order valence-electron chi connectivity index (χ3n) is 3.41. The van der Waals surface area contributed by atoms with Crippen molar-refractivity contribution in [2.24, 2.45) is 0 Å². The Morgan fingerprint density at radius 1 is 1.20 bits per heavy atom. The number of ether oxygens (including phenoxy) is 2. The van der Waals surface area contributed by atoms with E-state index >= 15 is 0 Å². The van der Waals surface area contributed by atoms with Gasteiger partial charge in [0.05, 0.1) is 0 Å². The summed E-state index contributed by atoms with van der Waals surface area (Å²) in [6, 6.07) is 7.40. The Morgan fingerprint density at radius 3 is 2.20 bits per heavy atom. The van der Waals surface area contributed by atoms with Crippen LogP contribution in [-0.4, -0.2) is 18.0 Å². The summed E-state index contributed by atoms with van der Waals surface area (Å²) in [5.41, 5.74) is 1.28. The lowest BCUT2D eigenvalue weighted by Gasteiger charge is -2.23. The van der Waals surface area contributed by atoms with E-state index < -0.39 is 18.0 Å². The fourth-order valence-corrected chi connectivity index (χ4v) is 1.67. The number of carbonyl (C=O) groups is 2. The summed E-state index contributed by atoms with van der Waals surface area (Å²) in [6.45, 7) is 9.20. The maximum absolute atomic E-state index is 11.7. The molecule has 0 N–H and O–H groups in total. The van der Waals surface area contributed by atoms with Gasteiger partial charge in [-0.15, -0.1) is 0 Å². The zero-order valence-electron chi connectivity index (χ0n) is 12.7. The van der Waals surface area contributed by atoms with Gasteiger partial charge in [0.2, 0.25) is 0 Å². The minimum atomic E-state index is -0.903. The van der Waals surface area contributed by atoms with Crippen molar-refractivity contribution in [3.63, 3.8) is 0 Å². The standard InChI is InChI=1S/C16H22O4/c1-6-16(4,5)13-7-9-14(10-8-13)20-15(18)11(2)19-12(3)17/h7-11H,6H2,1-5H3/t11-/m1/s1. The van der Waals surface area contributed by atoms with Gasteiger partial charge in [-0.3, -0.25) is 4.79 Å². The van der Waals surface area contributed by atoms with Gasteiger partial charge in [-0.05, 0) is 36.5 Å². The highest BCUT2D eigenvalue weighted by Crippen LogP contribution is 2.28. The van der Waals surface area contributed by atoms with E-state index in [1.165, 1.54) is 19.4 Å². The van der Waals surface area contributed by atoms with Crippen LogP contribution in [0.25, 0.3) is 0 Å². The van der Waals surface area contributed by atoms with E-state index in [1.54, 1.807) is 12.1 Å². The summed E-state index contributed by atoms with van der Waals surface area (Å²) >= 11 is 0. The van der Waals surface area contributed by atoms with Gasteiger partial charge in [-0.1, -0.05) is 32.9 Å². The summed E-state index contributed by atoms with van der Waals surface area (Å²) in [6.07, 6.45) is 0.120. The van der Waals surface area contributed by atoms with Crippen LogP contribution in [0.4, 0.5) is 0 Å². The summed E-state index contributed by atoms with van der Waals surface area (Å²) in [4.78, 5) is 22.5. The minimum Gasteiger partial charge on any atom is -0.451 e. The van der Waals surface area contributed by atoms with Crippen molar-refractivity contribution in [1.82, 2.24) is 0 Å². The third kappa shape index (κ3) is 4.37. The van der Waals surface area contributed by atoms with Crippen molar-refractivity contribution in [1.29, 1.82) is 0 Å². The second kappa shape index (κ2) is 6.55. The van der Waals surface area contributed by atoms with E-state index in [0.717, 1.165) is 6.42 Å². The molecule has 1 aromatic carbocycles. The highest BCUT2D eigenvalue weighted by atomic mass is 16.6. The molecule has 0 aromatic heterocycles. The van der Waals surface area contributed by atoms with Crippen LogP contribution in [-0.2, 0) is 19.7 Å². The second-order valence-electron chi connectivity index (χ2n) is 5.43. The van der Waals surface area contributed by atoms with E-state index in [0.29, 0.717) is 5.75 Å². The molecule has 0 radical (unpaired) electrons. The Balaban J connectivity index is 2.71. The molecule has 0 aliphatic carbocycles. The average molecular weight is 278 g/mol. The molecule has 0 aliphatic rings. The van der Waals surface area contributed by atoms with Crippen molar-refractivity contribution in [2.45, 2.75) is 52.6 Å². The maximum atomic E-state index is 11.7. The predicted octanol–water partition coefficient (Wildman–Crippen LogP) is 3.23. The molecule has 4 heteroatoms. The van der Waals surface area contributed by atoms with Crippen LogP contribution in [0.3, 0.4) is 0 Å². The Morgan fingerprint density at radius 2 is 1.75 bits per heavy atom. The molecule has 0 aliphatic heterocycles. The van der Waals surface area contributed by atoms with Crippen molar-refractivity contribution >= 4 is 11.9 Å². The van der Waals surface area contributed by atoms with Crippen LogP contribution < -0.4 is 4.74 Å². The van der Waals surface area contributed by atoms with Gasteiger partial charge in [0.1, 0.15) is 5.75 Å². The normalized spacial score (nSPS) is 12.7. The lowest BCUT2D eigenvalue weighted by atomic mass is 9.82. The third-order valence-corrected chi connectivity index (χ3v) is 3.41. The van der Waals surface area contributed by atoms with E-state index in [-0.39, 0.29) is 5.41 Å². The zero-order valence-corrected chi connectivity index (χ0v) is 12.7. The van der Waals surface area contributed by atoms with Crippen LogP contribution in [0.5, 0.6) is 5.75 Å². The monoisotopic (exact) mass is 278 g/mol. The molecule has 1 aromatic rings. The fourth-order valence-electron chi connectivity index (χ4n) is 1.67. The molecule has 0 saturated carbocycles. The highest BCUT2D eigenvalue weighted by Gasteiger charge is 2.20. The minimum absolute atomic E-state index is 0.0908. The molecule has 0 saturated heterocycles. The molecule has 20 heavy (non-hydrogen) atoms. The van der Waals surface area contributed by atoms with Crippen LogP contribution >= 0.6 is 0 Å². The van der Waals surface area contributed by atoms with Gasteiger partial charge in [0.15, 0.2) is 6.10 Å². The highest BCUT2D eigenvalue weighted by molar-refractivity contribution is 5.79. The zero-order chi connectivity index (χ0) is 15.3. The molecule has 0 amide bonds. The Hall–Kier alpha value is -1.84. The molecule has 0 unspecified atom stereocenters. The molecule has 110 valence electrons. The number of rotatable bonds is 5. The van der Waals surface area contributed by atoms with Gasteiger partial charge < -0.3 is 9.47 Å². The summed E-state index contributed by atoms with van der Waals surface area (Å²) in [5.74, 6) is -0.637. The smallest absolute Gasteiger partial charge is 0.352 e. The first-order valence-electron chi connectivity index (χ1n) is 6.75. The van der Waals surface area contributed by atoms with Gasteiger partial charge in [-0.25, -0.2) is 4.79 Å². The van der Waals surface area contributed by atoms with E-state index in [2.05, 4.69) is 20.8 Å². The summed E-state index contributed by atoms with van der Waals surface area (Å²) < 4.78 is 9.93. The molecule has 0 fully saturated rings. The van der Waals surface area contributed by atoms with Crippen molar-refractivity contribution in [2.75, 3.05) is 0 Å². The molecule has 4 nitrogen and oxygen atoms in total. The average Bonchev–Trinajstić information content (AvgIpc) is 2.38. The van der Waals surface area contributed by atoms with Gasteiger partial charge >= 0.3 is 11.9 Å². The molecule has 0 heterocycles. The summed E-state index contributed by atoms with van der Waals surface area (Å²) in [7, 11) is 0. The van der Waals surface area contributed by atoms with Crippen LogP contribution in [0.15, 0.2) is 24.3 Å². The van der Waals surface area contributed by atoms with Crippen molar-refractivity contribution in [3.05, 3.63) is 29.8 Å². The first kappa shape index (κ1) is 16.2. The lowest BCUT2D eigenvalue weighted by molar-refractivity contribution is -0.159. The topological polar surface area (TPSA) is 52.6 Å². The van der Waals surface area contributed by atoms with Gasteiger partial charge in [0, 0.05) is 6.92 Å². The maximum Gasteiger partial charge on any atom is 0.352 e. The van der Waals surface area contributed by atoms with Crippen LogP contribution in [0.1, 0.15) is 46.6 Å². The van der Waals surface area contributed by atoms with Gasteiger partial charge in [0.25, 0.3) is 0 Å². The fraction of sp³-hybridized carbons (Fsp3) is 0.500. The number of hydrogen-bond donors (Lipinski definition) is 0. The lowest BCUT2D eigenvalue weighted by Crippen LogP contribution is -2.27. The Kier molecular flexibility index (Phi) is 5.31. The number of esters is 2. The van der Waals surface area contributed by atoms with Crippen LogP contribution in [0.2, 0.25) is 0 Å². The molecule has 0 bridgehead atoms. The number of carbonyl (C=O) groups excluding carboxylic acids is 2. The quantitative estimate of drug-likeness (QED) is 0.613. The SMILES string of the molecule is CCC(C)(C)c1ccc(OC(=O)[C@@H](C)OC(C)=O)cc1. The largest absolute Gasteiger partial charge is 0.451 e. The van der Waals surface area contributed by atoms with E-state index in [4.69, 9.17) is 9.47 Å². The summed E-state index contributed by atoms with van der Waals surface area (Å²) in [5, 5.41) is 0. The number of hydrogen-bond acceptors (Lipinski definition) is 4. The molecule has 1 atom stereocenters. The van der Waals surface area contributed by atoms with E-state index in [9.17, 15) is 9.59 Å². The predicted molar refractivity (Wildman–Crippen MR) is 76.6 cm³/mol. The van der Waals surface area contributed by atoms with E-state index in [1.807, 2.05) is 12.1 Å². The Labute approximate surface area is 120 Å². The molecular weight excluding hydrogens is 256 g/mol. The Bertz CT molecular complexity index is 474. The second-order valence-corrected chi connectivity index (χ2v) is 5.43. The van der Waals surface area contributed by atoms with Crippen molar-refractivity contribution < 1.29 is 19.1 Å². The molecular formula is C16H22O4. The first-order valence-corrected chi connectivity index (χ1v) is 6.75. The van der Waals surface area contributed by atoms with Crippen LogP contribution in [0, 0.1) is 0 Å². The number of benzene rings is 1. The van der Waals surface area contributed by atoms with Gasteiger partial charge in [-0.2, -0.15) is 0 Å². The first-order chi connectivity index (χ1) is 9.26. The molecule has 0 spiro atoms. The van der Waals surface area contributed by atoms with Crippen molar-refractivity contribution in [3.8, 4) is 5.75 Å².